The zero-order valence-corrected chi connectivity index (χ0v) is 13.1. The number of methoxy groups -OCH3 is 1. The number of aliphatic carboxylic acids is 1. The predicted molar refractivity (Wildman–Crippen MR) is 76.1 cm³/mol. The highest BCUT2D eigenvalue weighted by atomic mass is 32.2. The maximum atomic E-state index is 12.2. The second-order valence-electron chi connectivity index (χ2n) is 5.43. The minimum absolute atomic E-state index is 0.0672. The van der Waals surface area contributed by atoms with Crippen molar-refractivity contribution in [3.05, 3.63) is 0 Å². The van der Waals surface area contributed by atoms with E-state index in [-0.39, 0.29) is 12.3 Å². The molecule has 0 spiro atoms. The van der Waals surface area contributed by atoms with Gasteiger partial charge in [0.05, 0.1) is 11.2 Å². The van der Waals surface area contributed by atoms with E-state index in [4.69, 9.17) is 4.74 Å². The molecule has 1 N–H and O–H groups in total. The predicted octanol–water partition coefficient (Wildman–Crippen LogP) is 1.32. The lowest BCUT2D eigenvalue weighted by atomic mass is 9.78. The molecule has 1 heterocycles. The van der Waals surface area contributed by atoms with Crippen LogP contribution in [0.25, 0.3) is 0 Å². The number of nitrogens with zero attached hydrogens (tertiary/aromatic N) is 1. The van der Waals surface area contributed by atoms with E-state index >= 15 is 0 Å². The summed E-state index contributed by atoms with van der Waals surface area (Å²) in [7, 11) is -1.82. The number of sulfonamides is 1. The summed E-state index contributed by atoms with van der Waals surface area (Å²) in [5.74, 6) is -0.825. The Morgan fingerprint density at radius 3 is 2.70 bits per heavy atom. The van der Waals surface area contributed by atoms with Gasteiger partial charge in [0.25, 0.3) is 0 Å². The van der Waals surface area contributed by atoms with Crippen LogP contribution in [-0.2, 0) is 19.6 Å². The van der Waals surface area contributed by atoms with Crippen LogP contribution >= 0.6 is 0 Å². The third-order valence-electron chi connectivity index (χ3n) is 3.93. The van der Waals surface area contributed by atoms with Gasteiger partial charge in [0.2, 0.25) is 10.0 Å². The summed E-state index contributed by atoms with van der Waals surface area (Å²) in [5.41, 5.74) is -1.01. The lowest BCUT2D eigenvalue weighted by Crippen LogP contribution is -2.50. The van der Waals surface area contributed by atoms with Crippen molar-refractivity contribution >= 4 is 16.0 Å². The number of ether oxygens (including phenoxy) is 1. The smallest absolute Gasteiger partial charge is 0.311 e. The Labute approximate surface area is 121 Å². The van der Waals surface area contributed by atoms with E-state index in [0.29, 0.717) is 38.8 Å². The molecule has 6 nitrogen and oxygen atoms in total. The molecule has 0 unspecified atom stereocenters. The summed E-state index contributed by atoms with van der Waals surface area (Å²) < 4.78 is 30.8. The normalized spacial score (nSPS) is 24.7. The van der Waals surface area contributed by atoms with Crippen LogP contribution in [0.2, 0.25) is 0 Å². The Morgan fingerprint density at radius 2 is 2.15 bits per heavy atom. The van der Waals surface area contributed by atoms with Crippen LogP contribution in [0.15, 0.2) is 0 Å². The Morgan fingerprint density at radius 1 is 1.45 bits per heavy atom. The van der Waals surface area contributed by atoms with Crippen LogP contribution in [0, 0.1) is 5.41 Å². The van der Waals surface area contributed by atoms with Crippen LogP contribution in [0.5, 0.6) is 0 Å². The first-order chi connectivity index (χ1) is 9.38. The first kappa shape index (κ1) is 17.4. The van der Waals surface area contributed by atoms with E-state index in [1.165, 1.54) is 11.4 Å². The van der Waals surface area contributed by atoms with Gasteiger partial charge >= 0.3 is 5.97 Å². The fraction of sp³-hybridized carbons (Fsp3) is 0.923. The Balaban J connectivity index is 2.84. The zero-order chi connectivity index (χ0) is 15.2. The van der Waals surface area contributed by atoms with Crippen LogP contribution in [0.3, 0.4) is 0 Å². The average Bonchev–Trinajstić information content (AvgIpc) is 2.43. The molecule has 0 aromatic rings. The molecule has 1 rings (SSSR count). The molecule has 0 radical (unpaired) electrons. The summed E-state index contributed by atoms with van der Waals surface area (Å²) in [4.78, 5) is 11.6. The van der Waals surface area contributed by atoms with E-state index in [2.05, 4.69) is 0 Å². The SMILES string of the molecule is CCCCS(=O)(=O)N1CCC[C@](CCOC)(C(=O)O)C1. The molecule has 20 heavy (non-hydrogen) atoms. The van der Waals surface area contributed by atoms with Crippen molar-refractivity contribution in [2.24, 2.45) is 5.41 Å². The molecule has 0 saturated carbocycles. The molecular formula is C13H25NO5S. The first-order valence-corrected chi connectivity index (χ1v) is 8.69. The number of piperidine rings is 1. The highest BCUT2D eigenvalue weighted by Crippen LogP contribution is 2.35. The molecule has 0 aromatic carbocycles. The molecule has 1 aliphatic heterocycles. The van der Waals surface area contributed by atoms with E-state index in [9.17, 15) is 18.3 Å². The maximum absolute atomic E-state index is 12.2. The summed E-state index contributed by atoms with van der Waals surface area (Å²) in [6.07, 6.45) is 2.85. The van der Waals surface area contributed by atoms with Gasteiger partial charge in [0.15, 0.2) is 0 Å². The van der Waals surface area contributed by atoms with Gasteiger partial charge in [-0.3, -0.25) is 4.79 Å². The lowest BCUT2D eigenvalue weighted by Gasteiger charge is -2.39. The number of carboxylic acids is 1. The number of hydrogen-bond acceptors (Lipinski definition) is 4. The van der Waals surface area contributed by atoms with Crippen LogP contribution < -0.4 is 0 Å². The molecule has 0 aliphatic carbocycles. The molecule has 7 heteroatoms. The number of hydrogen-bond donors (Lipinski definition) is 1. The number of unbranched alkanes of at least 4 members (excludes halogenated alkanes) is 1. The van der Waals surface area contributed by atoms with Gasteiger partial charge in [-0.25, -0.2) is 12.7 Å². The number of carboxylic acid groups (broad SMARTS) is 1. The highest BCUT2D eigenvalue weighted by Gasteiger charge is 2.44. The average molecular weight is 307 g/mol. The van der Waals surface area contributed by atoms with Gasteiger partial charge in [0, 0.05) is 26.8 Å². The number of carbonyl (C=O) groups is 1. The second kappa shape index (κ2) is 7.38. The minimum Gasteiger partial charge on any atom is -0.481 e. The quantitative estimate of drug-likeness (QED) is 0.731. The van der Waals surface area contributed by atoms with E-state index in [1.807, 2.05) is 6.92 Å². The Hall–Kier alpha value is -0.660. The maximum Gasteiger partial charge on any atom is 0.311 e. The molecule has 0 amide bonds. The standard InChI is InChI=1S/C13H25NO5S/c1-3-4-10-20(17,18)14-8-5-6-13(11-14,12(15)16)7-9-19-2/h3-11H2,1-2H3,(H,15,16)/t13-/m1/s1. The highest BCUT2D eigenvalue weighted by molar-refractivity contribution is 7.89. The molecule has 1 atom stereocenters. The molecule has 1 aliphatic rings. The topological polar surface area (TPSA) is 83.9 Å². The van der Waals surface area contributed by atoms with E-state index in [1.54, 1.807) is 0 Å². The Bertz CT molecular complexity index is 422. The molecule has 1 fully saturated rings. The molecule has 0 bridgehead atoms. The summed E-state index contributed by atoms with van der Waals surface area (Å²) >= 11 is 0. The fourth-order valence-electron chi connectivity index (χ4n) is 2.57. The summed E-state index contributed by atoms with van der Waals surface area (Å²) in [6.45, 7) is 2.76. The van der Waals surface area contributed by atoms with Gasteiger partial charge in [-0.15, -0.1) is 0 Å². The molecule has 118 valence electrons. The van der Waals surface area contributed by atoms with Crippen LogP contribution in [0.4, 0.5) is 0 Å². The van der Waals surface area contributed by atoms with Gasteiger partial charge in [-0.05, 0) is 25.7 Å². The van der Waals surface area contributed by atoms with Crippen molar-refractivity contribution in [3.8, 4) is 0 Å². The van der Waals surface area contributed by atoms with Crippen molar-refractivity contribution in [2.75, 3.05) is 32.6 Å². The van der Waals surface area contributed by atoms with Crippen molar-refractivity contribution in [2.45, 2.75) is 39.0 Å². The van der Waals surface area contributed by atoms with Gasteiger partial charge in [-0.2, -0.15) is 0 Å². The Kier molecular flexibility index (Phi) is 6.42. The first-order valence-electron chi connectivity index (χ1n) is 7.08. The fourth-order valence-corrected chi connectivity index (χ4v) is 4.33. The third kappa shape index (κ3) is 4.17. The van der Waals surface area contributed by atoms with E-state index in [0.717, 1.165) is 6.42 Å². The summed E-state index contributed by atoms with van der Waals surface area (Å²) in [6, 6.07) is 0. The van der Waals surface area contributed by atoms with Crippen molar-refractivity contribution in [3.63, 3.8) is 0 Å². The summed E-state index contributed by atoms with van der Waals surface area (Å²) in [5, 5.41) is 9.50. The minimum atomic E-state index is -3.35. The van der Waals surface area contributed by atoms with Gasteiger partial charge in [0.1, 0.15) is 0 Å². The lowest BCUT2D eigenvalue weighted by molar-refractivity contribution is -0.152. The van der Waals surface area contributed by atoms with Gasteiger partial charge in [-0.1, -0.05) is 13.3 Å². The van der Waals surface area contributed by atoms with Gasteiger partial charge < -0.3 is 9.84 Å². The molecular weight excluding hydrogens is 282 g/mol. The van der Waals surface area contributed by atoms with Crippen molar-refractivity contribution in [1.29, 1.82) is 0 Å². The largest absolute Gasteiger partial charge is 0.481 e. The van der Waals surface area contributed by atoms with E-state index < -0.39 is 21.4 Å². The van der Waals surface area contributed by atoms with Crippen molar-refractivity contribution in [1.82, 2.24) is 4.31 Å². The number of rotatable bonds is 8. The molecule has 1 saturated heterocycles. The van der Waals surface area contributed by atoms with Crippen LogP contribution in [-0.4, -0.2) is 56.4 Å². The van der Waals surface area contributed by atoms with Crippen molar-refractivity contribution < 1.29 is 23.1 Å². The second-order valence-corrected chi connectivity index (χ2v) is 7.52. The van der Waals surface area contributed by atoms with Crippen LogP contribution in [0.1, 0.15) is 39.0 Å². The monoisotopic (exact) mass is 307 g/mol. The third-order valence-corrected chi connectivity index (χ3v) is 5.83. The molecule has 0 aromatic heterocycles. The zero-order valence-electron chi connectivity index (χ0n) is 12.3.